The van der Waals surface area contributed by atoms with Crippen LogP contribution in [0.1, 0.15) is 86.1 Å². The van der Waals surface area contributed by atoms with Gasteiger partial charge in [-0.3, -0.25) is 30.0 Å². The van der Waals surface area contributed by atoms with Gasteiger partial charge in [-0.15, -0.1) is 11.3 Å². The molecule has 2 aliphatic rings. The molecule has 2 aromatic heterocycles. The van der Waals surface area contributed by atoms with E-state index < -0.39 is 17.4 Å². The SMILES string of the molecule is CC1(C)CC(=O)c2cc(C(=O)NNC(=O)c3cc4c(s3)CCCCC4)c(=O)[nH]c2C1. The maximum atomic E-state index is 12.5. The number of aromatic nitrogens is 1. The molecule has 0 radical (unpaired) electrons. The van der Waals surface area contributed by atoms with E-state index in [9.17, 15) is 19.2 Å². The van der Waals surface area contributed by atoms with Crippen molar-refractivity contribution in [2.24, 2.45) is 5.41 Å². The molecule has 4 rings (SSSR count). The molecular formula is C22H25N3O4S. The van der Waals surface area contributed by atoms with Crippen molar-refractivity contribution in [1.29, 1.82) is 0 Å². The number of hydrogen-bond acceptors (Lipinski definition) is 5. The number of aryl methyl sites for hydroxylation is 2. The third-order valence-electron chi connectivity index (χ3n) is 5.72. The van der Waals surface area contributed by atoms with Gasteiger partial charge in [0.05, 0.1) is 4.88 Å². The number of amides is 2. The van der Waals surface area contributed by atoms with Crippen molar-refractivity contribution in [3.8, 4) is 0 Å². The van der Waals surface area contributed by atoms with Crippen LogP contribution < -0.4 is 16.4 Å². The number of hydrazine groups is 1. The first-order valence-corrected chi connectivity index (χ1v) is 11.1. The summed E-state index contributed by atoms with van der Waals surface area (Å²) in [6.45, 7) is 3.93. The smallest absolute Gasteiger partial charge is 0.279 e. The molecule has 0 bridgehead atoms. The molecule has 0 atom stereocenters. The molecule has 0 aliphatic heterocycles. The molecule has 30 heavy (non-hydrogen) atoms. The van der Waals surface area contributed by atoms with E-state index in [0.29, 0.717) is 29.0 Å². The molecule has 0 saturated heterocycles. The number of ketones is 1. The van der Waals surface area contributed by atoms with E-state index in [0.717, 1.165) is 25.7 Å². The van der Waals surface area contributed by atoms with Crippen LogP contribution in [0.2, 0.25) is 0 Å². The number of H-pyrrole nitrogens is 1. The lowest BCUT2D eigenvalue weighted by molar-refractivity contribution is 0.0847. The van der Waals surface area contributed by atoms with E-state index in [1.807, 2.05) is 19.9 Å². The molecule has 2 heterocycles. The highest BCUT2D eigenvalue weighted by Crippen LogP contribution is 2.33. The van der Waals surface area contributed by atoms with E-state index in [4.69, 9.17) is 0 Å². The minimum atomic E-state index is -0.747. The Morgan fingerprint density at radius 3 is 2.53 bits per heavy atom. The summed E-state index contributed by atoms with van der Waals surface area (Å²) in [7, 11) is 0. The number of Topliss-reactive ketones (excluding diaryl/α,β-unsaturated/α-hetero) is 1. The topological polar surface area (TPSA) is 108 Å². The summed E-state index contributed by atoms with van der Waals surface area (Å²) in [4.78, 5) is 54.3. The fraction of sp³-hybridized carbons (Fsp3) is 0.455. The van der Waals surface area contributed by atoms with Crippen LogP contribution in [0, 0.1) is 5.41 Å². The Hall–Kier alpha value is -2.74. The second-order valence-corrected chi connectivity index (χ2v) is 10.0. The van der Waals surface area contributed by atoms with Crippen LogP contribution in [0.4, 0.5) is 0 Å². The number of carbonyl (C=O) groups is 3. The van der Waals surface area contributed by atoms with Crippen LogP contribution in [-0.4, -0.2) is 22.6 Å². The Bertz CT molecular complexity index is 1070. The van der Waals surface area contributed by atoms with Crippen molar-refractivity contribution in [2.75, 3.05) is 0 Å². The quantitative estimate of drug-likeness (QED) is 0.506. The van der Waals surface area contributed by atoms with Gasteiger partial charge >= 0.3 is 0 Å². The highest BCUT2D eigenvalue weighted by atomic mass is 32.1. The number of aromatic amines is 1. The Kier molecular flexibility index (Phi) is 5.36. The second-order valence-electron chi connectivity index (χ2n) is 8.87. The van der Waals surface area contributed by atoms with Crippen molar-refractivity contribution >= 4 is 28.9 Å². The average Bonchev–Trinajstić information content (AvgIpc) is 2.95. The molecule has 2 amide bonds. The predicted molar refractivity (Wildman–Crippen MR) is 114 cm³/mol. The molecule has 8 heteroatoms. The van der Waals surface area contributed by atoms with Crippen molar-refractivity contribution in [2.45, 2.75) is 58.8 Å². The van der Waals surface area contributed by atoms with Crippen molar-refractivity contribution in [3.63, 3.8) is 0 Å². The van der Waals surface area contributed by atoms with Crippen molar-refractivity contribution < 1.29 is 14.4 Å². The Labute approximate surface area is 178 Å². The Morgan fingerprint density at radius 2 is 1.73 bits per heavy atom. The molecular weight excluding hydrogens is 402 g/mol. The van der Waals surface area contributed by atoms with Gasteiger partial charge < -0.3 is 4.98 Å². The minimum Gasteiger partial charge on any atom is -0.325 e. The van der Waals surface area contributed by atoms with Gasteiger partial charge in [-0.05, 0) is 55.2 Å². The number of hydrogen-bond donors (Lipinski definition) is 3. The maximum Gasteiger partial charge on any atom is 0.279 e. The molecule has 0 spiro atoms. The Balaban J connectivity index is 1.47. The number of nitrogens with one attached hydrogen (secondary N) is 3. The summed E-state index contributed by atoms with van der Waals surface area (Å²) >= 11 is 1.45. The van der Waals surface area contributed by atoms with Gasteiger partial charge in [-0.2, -0.15) is 0 Å². The normalized spacial score (nSPS) is 17.5. The van der Waals surface area contributed by atoms with Crippen LogP contribution in [0.3, 0.4) is 0 Å². The predicted octanol–water partition coefficient (Wildman–Crippen LogP) is 2.94. The van der Waals surface area contributed by atoms with Crippen LogP contribution >= 0.6 is 11.3 Å². The molecule has 0 fully saturated rings. The molecule has 3 N–H and O–H groups in total. The van der Waals surface area contributed by atoms with Gasteiger partial charge in [0.15, 0.2) is 5.78 Å². The molecule has 7 nitrogen and oxygen atoms in total. The lowest BCUT2D eigenvalue weighted by Gasteiger charge is -2.29. The van der Waals surface area contributed by atoms with Crippen molar-refractivity contribution in [1.82, 2.24) is 15.8 Å². The second kappa shape index (κ2) is 7.83. The first kappa shape index (κ1) is 20.5. The third-order valence-corrected chi connectivity index (χ3v) is 6.96. The number of carbonyl (C=O) groups excluding carboxylic acids is 3. The summed E-state index contributed by atoms with van der Waals surface area (Å²) in [5.74, 6) is -1.26. The van der Waals surface area contributed by atoms with Crippen LogP contribution in [0.5, 0.6) is 0 Å². The summed E-state index contributed by atoms with van der Waals surface area (Å²) in [5, 5.41) is 0. The van der Waals surface area contributed by atoms with Gasteiger partial charge in [0.25, 0.3) is 17.4 Å². The first-order chi connectivity index (χ1) is 14.2. The van der Waals surface area contributed by atoms with E-state index >= 15 is 0 Å². The maximum absolute atomic E-state index is 12.5. The number of pyridine rings is 1. The largest absolute Gasteiger partial charge is 0.325 e. The van der Waals surface area contributed by atoms with E-state index in [-0.39, 0.29) is 16.8 Å². The van der Waals surface area contributed by atoms with E-state index in [2.05, 4.69) is 15.8 Å². The minimum absolute atomic E-state index is 0.101. The number of rotatable bonds is 2. The van der Waals surface area contributed by atoms with E-state index in [1.54, 1.807) is 0 Å². The van der Waals surface area contributed by atoms with E-state index in [1.165, 1.54) is 34.3 Å². The molecule has 158 valence electrons. The summed E-state index contributed by atoms with van der Waals surface area (Å²) < 4.78 is 0. The zero-order valence-corrected chi connectivity index (χ0v) is 18.0. The van der Waals surface area contributed by atoms with Gasteiger partial charge in [-0.25, -0.2) is 0 Å². The van der Waals surface area contributed by atoms with Gasteiger partial charge in [0.2, 0.25) is 0 Å². The van der Waals surface area contributed by atoms with Crippen LogP contribution in [-0.2, 0) is 19.3 Å². The molecule has 0 aromatic carbocycles. The first-order valence-electron chi connectivity index (χ1n) is 10.3. The van der Waals surface area contributed by atoms with Crippen molar-refractivity contribution in [3.05, 3.63) is 54.6 Å². The number of thiophene rings is 1. The van der Waals surface area contributed by atoms with Gasteiger partial charge in [0, 0.05) is 22.6 Å². The monoisotopic (exact) mass is 427 g/mol. The summed E-state index contributed by atoms with van der Waals surface area (Å²) in [5.41, 5.74) is 5.83. The zero-order valence-electron chi connectivity index (χ0n) is 17.1. The van der Waals surface area contributed by atoms with Crippen LogP contribution in [0.15, 0.2) is 16.9 Å². The molecule has 0 saturated carbocycles. The highest BCUT2D eigenvalue weighted by molar-refractivity contribution is 7.14. The number of fused-ring (bicyclic) bond motifs is 2. The fourth-order valence-corrected chi connectivity index (χ4v) is 5.37. The van der Waals surface area contributed by atoms with Gasteiger partial charge in [-0.1, -0.05) is 20.3 Å². The van der Waals surface area contributed by atoms with Crippen LogP contribution in [0.25, 0.3) is 0 Å². The third kappa shape index (κ3) is 4.09. The summed E-state index contributed by atoms with van der Waals surface area (Å²) in [6.07, 6.45) is 6.32. The summed E-state index contributed by atoms with van der Waals surface area (Å²) in [6, 6.07) is 3.22. The molecule has 0 unspecified atom stereocenters. The fourth-order valence-electron chi connectivity index (χ4n) is 4.22. The lowest BCUT2D eigenvalue weighted by Crippen LogP contribution is -2.43. The molecule has 2 aliphatic carbocycles. The highest BCUT2D eigenvalue weighted by Gasteiger charge is 2.32. The Morgan fingerprint density at radius 1 is 1.00 bits per heavy atom. The lowest BCUT2D eigenvalue weighted by atomic mass is 9.75. The van der Waals surface area contributed by atoms with Gasteiger partial charge in [0.1, 0.15) is 5.56 Å². The average molecular weight is 428 g/mol. The zero-order chi connectivity index (χ0) is 21.5. The molecule has 2 aromatic rings. The standard InChI is InChI=1S/C22H25N3O4S/c1-22(2)10-15-13(16(26)11-22)9-14(19(27)23-15)20(28)24-25-21(29)18-8-12-6-4-3-5-7-17(12)30-18/h8-9H,3-7,10-11H2,1-2H3,(H,23,27)(H,24,28)(H,25,29).